The summed E-state index contributed by atoms with van der Waals surface area (Å²) in [6.07, 6.45) is 0. The molecule has 0 radical (unpaired) electrons. The van der Waals surface area contributed by atoms with Crippen molar-refractivity contribution in [3.8, 4) is 0 Å². The van der Waals surface area contributed by atoms with Gasteiger partial charge >= 0.3 is 0 Å². The molecule has 3 nitrogen and oxygen atoms in total. The molecule has 0 saturated heterocycles. The predicted molar refractivity (Wildman–Crippen MR) is 80.2 cm³/mol. The monoisotopic (exact) mass is 325 g/mol. The van der Waals surface area contributed by atoms with Gasteiger partial charge in [0.25, 0.3) is 0 Å². The van der Waals surface area contributed by atoms with Gasteiger partial charge in [-0.2, -0.15) is 4.37 Å². The van der Waals surface area contributed by atoms with E-state index < -0.39 is 0 Å². The normalized spacial score (nSPS) is 12.7. The van der Waals surface area contributed by atoms with Gasteiger partial charge in [-0.05, 0) is 24.6 Å². The fraction of sp³-hybridized carbons (Fsp3) is 0.385. The molecule has 5 heteroatoms. The third-order valence-corrected chi connectivity index (χ3v) is 3.80. The standard InChI is InChI=1S/C13H16BrN3S/c1-8(2)12-16-13(18-17-12)15-9(3)10-5-4-6-11(14)7-10/h4-9H,1-3H3,(H,15,16,17). The van der Waals surface area contributed by atoms with Crippen molar-refractivity contribution in [3.05, 3.63) is 40.1 Å². The molecule has 96 valence electrons. The van der Waals surface area contributed by atoms with Gasteiger partial charge in [0.05, 0.1) is 6.04 Å². The molecule has 1 N–H and O–H groups in total. The van der Waals surface area contributed by atoms with Crippen molar-refractivity contribution < 1.29 is 0 Å². The van der Waals surface area contributed by atoms with Crippen LogP contribution in [0, 0.1) is 0 Å². The first-order chi connectivity index (χ1) is 8.56. The number of halogens is 1. The second-order valence-electron chi connectivity index (χ2n) is 4.53. The van der Waals surface area contributed by atoms with Crippen molar-refractivity contribution in [2.45, 2.75) is 32.7 Å². The van der Waals surface area contributed by atoms with E-state index in [1.807, 2.05) is 12.1 Å². The van der Waals surface area contributed by atoms with Crippen molar-refractivity contribution in [2.24, 2.45) is 0 Å². The SMILES string of the molecule is CC(C)c1nsc(NC(C)c2cccc(Br)c2)n1. The molecule has 0 bridgehead atoms. The number of hydrogen-bond donors (Lipinski definition) is 1. The maximum atomic E-state index is 4.48. The highest BCUT2D eigenvalue weighted by molar-refractivity contribution is 9.10. The first-order valence-corrected chi connectivity index (χ1v) is 7.48. The Bertz CT molecular complexity index is 524. The molecule has 0 saturated carbocycles. The van der Waals surface area contributed by atoms with E-state index in [1.54, 1.807) is 0 Å². The molecule has 18 heavy (non-hydrogen) atoms. The maximum Gasteiger partial charge on any atom is 0.203 e. The minimum atomic E-state index is 0.218. The van der Waals surface area contributed by atoms with Gasteiger partial charge in [-0.1, -0.05) is 41.9 Å². The number of nitrogens with one attached hydrogen (secondary N) is 1. The average Bonchev–Trinajstić information content (AvgIpc) is 2.77. The second kappa shape index (κ2) is 5.80. The zero-order valence-corrected chi connectivity index (χ0v) is 13.0. The van der Waals surface area contributed by atoms with E-state index in [1.165, 1.54) is 17.1 Å². The van der Waals surface area contributed by atoms with Crippen LogP contribution in [0.4, 0.5) is 5.13 Å². The van der Waals surface area contributed by atoms with Gasteiger partial charge in [0, 0.05) is 21.9 Å². The van der Waals surface area contributed by atoms with E-state index in [0.29, 0.717) is 5.92 Å². The highest BCUT2D eigenvalue weighted by atomic mass is 79.9. The van der Waals surface area contributed by atoms with Gasteiger partial charge in [0.2, 0.25) is 5.13 Å². The van der Waals surface area contributed by atoms with Crippen LogP contribution in [0.15, 0.2) is 28.7 Å². The van der Waals surface area contributed by atoms with Crippen molar-refractivity contribution in [1.29, 1.82) is 0 Å². The van der Waals surface area contributed by atoms with Gasteiger partial charge in [-0.3, -0.25) is 0 Å². The van der Waals surface area contributed by atoms with Crippen LogP contribution in [-0.2, 0) is 0 Å². The first-order valence-electron chi connectivity index (χ1n) is 5.92. The third-order valence-electron chi connectivity index (χ3n) is 2.65. The lowest BCUT2D eigenvalue weighted by Crippen LogP contribution is -2.06. The average molecular weight is 326 g/mol. The fourth-order valence-electron chi connectivity index (χ4n) is 1.57. The van der Waals surface area contributed by atoms with Crippen molar-refractivity contribution >= 4 is 32.6 Å². The minimum Gasteiger partial charge on any atom is -0.354 e. The molecule has 2 aromatic rings. The zero-order valence-electron chi connectivity index (χ0n) is 10.6. The van der Waals surface area contributed by atoms with Crippen molar-refractivity contribution in [3.63, 3.8) is 0 Å². The Labute approximate surface area is 120 Å². The van der Waals surface area contributed by atoms with Crippen LogP contribution in [0.1, 0.15) is 44.1 Å². The highest BCUT2D eigenvalue weighted by Crippen LogP contribution is 2.24. The number of anilines is 1. The summed E-state index contributed by atoms with van der Waals surface area (Å²) >= 11 is 4.91. The van der Waals surface area contributed by atoms with Crippen LogP contribution in [-0.4, -0.2) is 9.36 Å². The molecule has 0 aliphatic rings. The van der Waals surface area contributed by atoms with Crippen LogP contribution in [0.3, 0.4) is 0 Å². The Morgan fingerprint density at radius 2 is 2.06 bits per heavy atom. The van der Waals surface area contributed by atoms with E-state index in [2.05, 4.69) is 63.5 Å². The van der Waals surface area contributed by atoms with Gasteiger partial charge in [0.15, 0.2) is 0 Å². The third kappa shape index (κ3) is 3.29. The number of hydrogen-bond acceptors (Lipinski definition) is 4. The molecule has 0 fully saturated rings. The second-order valence-corrected chi connectivity index (χ2v) is 6.20. The van der Waals surface area contributed by atoms with Crippen LogP contribution in [0.5, 0.6) is 0 Å². The predicted octanol–water partition coefficient (Wildman–Crippen LogP) is 4.60. The molecule has 1 heterocycles. The molecule has 2 rings (SSSR count). The molecule has 1 aromatic carbocycles. The summed E-state index contributed by atoms with van der Waals surface area (Å²) < 4.78 is 5.43. The Balaban J connectivity index is 2.08. The zero-order chi connectivity index (χ0) is 13.1. The Kier molecular flexibility index (Phi) is 4.35. The van der Waals surface area contributed by atoms with E-state index in [0.717, 1.165) is 15.4 Å². The van der Waals surface area contributed by atoms with Crippen LogP contribution < -0.4 is 5.32 Å². The molecule has 1 atom stereocenters. The summed E-state index contributed by atoms with van der Waals surface area (Å²) in [6, 6.07) is 8.50. The van der Waals surface area contributed by atoms with Crippen molar-refractivity contribution in [1.82, 2.24) is 9.36 Å². The Hall–Kier alpha value is -0.940. The Morgan fingerprint density at radius 3 is 2.67 bits per heavy atom. The maximum absolute atomic E-state index is 4.48. The van der Waals surface area contributed by atoms with Gasteiger partial charge in [0.1, 0.15) is 5.82 Å². The minimum absolute atomic E-state index is 0.218. The molecule has 1 unspecified atom stereocenters. The summed E-state index contributed by atoms with van der Waals surface area (Å²) in [4.78, 5) is 4.48. The summed E-state index contributed by atoms with van der Waals surface area (Å²) in [7, 11) is 0. The fourth-order valence-corrected chi connectivity index (χ4v) is 2.78. The largest absolute Gasteiger partial charge is 0.354 e. The van der Waals surface area contributed by atoms with Crippen LogP contribution >= 0.6 is 27.5 Å². The molecular formula is C13H16BrN3S. The number of nitrogens with zero attached hydrogens (tertiary/aromatic N) is 2. The van der Waals surface area contributed by atoms with Gasteiger partial charge < -0.3 is 5.32 Å². The molecular weight excluding hydrogens is 310 g/mol. The van der Waals surface area contributed by atoms with E-state index in [4.69, 9.17) is 0 Å². The summed E-state index contributed by atoms with van der Waals surface area (Å²) in [5.41, 5.74) is 1.23. The molecule has 0 amide bonds. The summed E-state index contributed by atoms with van der Waals surface area (Å²) in [5.74, 6) is 1.28. The lowest BCUT2D eigenvalue weighted by molar-refractivity contribution is 0.795. The summed E-state index contributed by atoms with van der Waals surface area (Å²) in [6.45, 7) is 6.32. The van der Waals surface area contributed by atoms with E-state index >= 15 is 0 Å². The van der Waals surface area contributed by atoms with Gasteiger partial charge in [-0.25, -0.2) is 4.98 Å². The van der Waals surface area contributed by atoms with E-state index in [9.17, 15) is 0 Å². The van der Waals surface area contributed by atoms with E-state index in [-0.39, 0.29) is 6.04 Å². The summed E-state index contributed by atoms with van der Waals surface area (Å²) in [5, 5.41) is 4.27. The van der Waals surface area contributed by atoms with Gasteiger partial charge in [-0.15, -0.1) is 0 Å². The number of benzene rings is 1. The molecule has 0 aliphatic heterocycles. The topological polar surface area (TPSA) is 37.8 Å². The smallest absolute Gasteiger partial charge is 0.203 e. The molecule has 1 aromatic heterocycles. The highest BCUT2D eigenvalue weighted by Gasteiger charge is 2.11. The lowest BCUT2D eigenvalue weighted by atomic mass is 10.1. The van der Waals surface area contributed by atoms with Crippen LogP contribution in [0.2, 0.25) is 0 Å². The van der Waals surface area contributed by atoms with Crippen LogP contribution in [0.25, 0.3) is 0 Å². The molecule has 0 spiro atoms. The quantitative estimate of drug-likeness (QED) is 0.892. The Morgan fingerprint density at radius 1 is 1.28 bits per heavy atom. The lowest BCUT2D eigenvalue weighted by Gasteiger charge is -2.13. The van der Waals surface area contributed by atoms with Crippen molar-refractivity contribution in [2.75, 3.05) is 5.32 Å². The molecule has 0 aliphatic carbocycles. The number of aromatic nitrogens is 2. The first kappa shape index (κ1) is 13.5. The number of rotatable bonds is 4.